The average Bonchev–Trinajstić information content (AvgIpc) is 3.45. The first-order valence-corrected chi connectivity index (χ1v) is 9.89. The molecule has 29 heavy (non-hydrogen) atoms. The molecule has 1 aromatic heterocycles. The molecule has 2 heterocycles. The number of nitrogens with zero attached hydrogens (tertiary/aromatic N) is 2. The Labute approximate surface area is 170 Å². The molecule has 5 rings (SSSR count). The number of aromatic nitrogens is 2. The second-order valence-electron chi connectivity index (χ2n) is 7.54. The van der Waals surface area contributed by atoms with E-state index in [-0.39, 0.29) is 5.82 Å². The van der Waals surface area contributed by atoms with E-state index in [0.717, 1.165) is 52.0 Å². The van der Waals surface area contributed by atoms with E-state index in [9.17, 15) is 4.39 Å². The Morgan fingerprint density at radius 2 is 1.76 bits per heavy atom. The second kappa shape index (κ2) is 7.17. The van der Waals surface area contributed by atoms with Crippen LogP contribution in [0.2, 0.25) is 0 Å². The molecule has 3 heteroatoms. The summed E-state index contributed by atoms with van der Waals surface area (Å²) in [5.41, 5.74) is 6.92. The van der Waals surface area contributed by atoms with Crippen LogP contribution in [0.4, 0.5) is 4.39 Å². The molecule has 0 atom stereocenters. The lowest BCUT2D eigenvalue weighted by atomic mass is 9.90. The van der Waals surface area contributed by atoms with E-state index < -0.39 is 0 Å². The van der Waals surface area contributed by atoms with Crippen molar-refractivity contribution < 1.29 is 4.39 Å². The minimum Gasteiger partial charge on any atom is -0.240 e. The second-order valence-corrected chi connectivity index (χ2v) is 7.54. The molecule has 1 aromatic carbocycles. The predicted molar refractivity (Wildman–Crippen MR) is 117 cm³/mol. The van der Waals surface area contributed by atoms with Gasteiger partial charge in [-0.05, 0) is 82.5 Å². The minimum atomic E-state index is -0.101. The van der Waals surface area contributed by atoms with Gasteiger partial charge in [0.05, 0.1) is 5.69 Å². The van der Waals surface area contributed by atoms with E-state index in [1.54, 1.807) is 12.3 Å². The van der Waals surface area contributed by atoms with Crippen molar-refractivity contribution in [2.24, 2.45) is 0 Å². The van der Waals surface area contributed by atoms with E-state index in [4.69, 9.17) is 0 Å². The molecular formula is C26H21FN2. The molecule has 1 fully saturated rings. The summed E-state index contributed by atoms with van der Waals surface area (Å²) >= 11 is 0. The van der Waals surface area contributed by atoms with Crippen molar-refractivity contribution in [3.63, 3.8) is 0 Å². The first-order valence-electron chi connectivity index (χ1n) is 9.89. The molecule has 1 saturated carbocycles. The summed E-state index contributed by atoms with van der Waals surface area (Å²) in [4.78, 5) is 0. The van der Waals surface area contributed by atoms with Crippen LogP contribution in [0.5, 0.6) is 0 Å². The third-order valence-corrected chi connectivity index (χ3v) is 5.51. The van der Waals surface area contributed by atoms with Crippen LogP contribution in [-0.2, 0) is 0 Å². The SMILES string of the molecule is C=C1C=C(C2=C(c3ccc(F)c(C4CC4)c3)C=CC=CC=C2)C=Cn2nccc21. The van der Waals surface area contributed by atoms with Crippen LogP contribution in [0.15, 0.2) is 96.8 Å². The molecule has 0 amide bonds. The van der Waals surface area contributed by atoms with Gasteiger partial charge >= 0.3 is 0 Å². The first kappa shape index (κ1) is 17.6. The van der Waals surface area contributed by atoms with E-state index in [1.807, 2.05) is 53.4 Å². The first-order chi connectivity index (χ1) is 14.2. The normalized spacial score (nSPS) is 18.4. The predicted octanol–water partition coefficient (Wildman–Crippen LogP) is 6.46. The van der Waals surface area contributed by atoms with Crippen molar-refractivity contribution in [2.45, 2.75) is 18.8 Å². The van der Waals surface area contributed by atoms with Crippen molar-refractivity contribution in [3.05, 3.63) is 119 Å². The van der Waals surface area contributed by atoms with Crippen LogP contribution in [0.25, 0.3) is 17.3 Å². The quantitative estimate of drug-likeness (QED) is 0.597. The Hall–Kier alpha value is -3.46. The fraction of sp³-hybridized carbons (Fsp3) is 0.115. The van der Waals surface area contributed by atoms with Crippen molar-refractivity contribution >= 4 is 17.3 Å². The molecule has 2 aliphatic carbocycles. The molecule has 0 radical (unpaired) electrons. The summed E-state index contributed by atoms with van der Waals surface area (Å²) in [6.07, 6.45) is 22.3. The zero-order valence-corrected chi connectivity index (χ0v) is 16.1. The van der Waals surface area contributed by atoms with Gasteiger partial charge in [-0.2, -0.15) is 5.10 Å². The van der Waals surface area contributed by atoms with Gasteiger partial charge in [0, 0.05) is 12.4 Å². The highest BCUT2D eigenvalue weighted by atomic mass is 19.1. The third kappa shape index (κ3) is 3.40. The lowest BCUT2D eigenvalue weighted by molar-refractivity contribution is 0.610. The smallest absolute Gasteiger partial charge is 0.126 e. The highest BCUT2D eigenvalue weighted by molar-refractivity contribution is 5.86. The Balaban J connectivity index is 1.67. The lowest BCUT2D eigenvalue weighted by Gasteiger charge is -2.14. The molecule has 0 saturated heterocycles. The molecule has 0 unspecified atom stereocenters. The van der Waals surface area contributed by atoms with Gasteiger partial charge in [0.1, 0.15) is 5.82 Å². The molecule has 1 aliphatic heterocycles. The number of halogens is 1. The van der Waals surface area contributed by atoms with Crippen LogP contribution in [0.3, 0.4) is 0 Å². The summed E-state index contributed by atoms with van der Waals surface area (Å²) in [7, 11) is 0. The maximum Gasteiger partial charge on any atom is 0.126 e. The number of fused-ring (bicyclic) bond motifs is 1. The minimum absolute atomic E-state index is 0.101. The number of hydrogen-bond donors (Lipinski definition) is 0. The fourth-order valence-electron chi connectivity index (χ4n) is 3.85. The number of benzene rings is 1. The summed E-state index contributed by atoms with van der Waals surface area (Å²) < 4.78 is 16.2. The Morgan fingerprint density at radius 1 is 0.966 bits per heavy atom. The molecule has 0 N–H and O–H groups in total. The van der Waals surface area contributed by atoms with Crippen molar-refractivity contribution in [1.29, 1.82) is 0 Å². The van der Waals surface area contributed by atoms with Crippen LogP contribution < -0.4 is 0 Å². The van der Waals surface area contributed by atoms with Gasteiger partial charge in [-0.25, -0.2) is 9.07 Å². The zero-order valence-electron chi connectivity index (χ0n) is 16.1. The largest absolute Gasteiger partial charge is 0.240 e. The third-order valence-electron chi connectivity index (χ3n) is 5.51. The van der Waals surface area contributed by atoms with Crippen LogP contribution in [-0.4, -0.2) is 9.78 Å². The van der Waals surface area contributed by atoms with E-state index in [0.29, 0.717) is 5.92 Å². The summed E-state index contributed by atoms with van der Waals surface area (Å²) in [6, 6.07) is 7.46. The maximum absolute atomic E-state index is 14.3. The van der Waals surface area contributed by atoms with Crippen molar-refractivity contribution in [1.82, 2.24) is 9.78 Å². The number of rotatable bonds is 3. The molecule has 142 valence electrons. The van der Waals surface area contributed by atoms with Crippen molar-refractivity contribution in [2.75, 3.05) is 0 Å². The van der Waals surface area contributed by atoms with E-state index in [1.165, 1.54) is 0 Å². The number of allylic oxidation sites excluding steroid dienone is 12. The Morgan fingerprint density at radius 3 is 2.55 bits per heavy atom. The highest BCUT2D eigenvalue weighted by Gasteiger charge is 2.27. The van der Waals surface area contributed by atoms with Gasteiger partial charge in [0.25, 0.3) is 0 Å². The molecule has 0 spiro atoms. The lowest BCUT2D eigenvalue weighted by Crippen LogP contribution is -1.95. The topological polar surface area (TPSA) is 17.8 Å². The van der Waals surface area contributed by atoms with E-state index >= 15 is 0 Å². The van der Waals surface area contributed by atoms with Gasteiger partial charge in [-0.1, -0.05) is 49.1 Å². The zero-order chi connectivity index (χ0) is 19.8. The van der Waals surface area contributed by atoms with Gasteiger partial charge in [-0.3, -0.25) is 0 Å². The van der Waals surface area contributed by atoms with Gasteiger partial charge in [0.15, 0.2) is 0 Å². The maximum atomic E-state index is 14.3. The fourth-order valence-corrected chi connectivity index (χ4v) is 3.85. The molecule has 2 aromatic rings. The van der Waals surface area contributed by atoms with Crippen LogP contribution >= 0.6 is 0 Å². The molecule has 3 aliphatic rings. The van der Waals surface area contributed by atoms with Crippen LogP contribution in [0.1, 0.15) is 35.6 Å². The highest BCUT2D eigenvalue weighted by Crippen LogP contribution is 2.42. The molecular weight excluding hydrogens is 359 g/mol. The van der Waals surface area contributed by atoms with Gasteiger partial charge in [-0.15, -0.1) is 0 Å². The summed E-state index contributed by atoms with van der Waals surface area (Å²) in [5, 5.41) is 4.34. The standard InChI is InChI=1S/C26H21FN2/c1-18-16-21(13-15-29-26(18)12-14-28-29)23-7-5-3-2-4-6-22(23)20-10-11-25(27)24(17-20)19-8-9-19/h2-7,10-17,19H,1,8-9H2. The molecule has 2 nitrogen and oxygen atoms in total. The summed E-state index contributed by atoms with van der Waals surface area (Å²) in [5.74, 6) is 0.261. The van der Waals surface area contributed by atoms with Gasteiger partial charge in [0.2, 0.25) is 0 Å². The van der Waals surface area contributed by atoms with E-state index in [2.05, 4.69) is 36.0 Å². The van der Waals surface area contributed by atoms with Gasteiger partial charge < -0.3 is 0 Å². The average molecular weight is 380 g/mol. The van der Waals surface area contributed by atoms with Crippen LogP contribution in [0, 0.1) is 5.82 Å². The van der Waals surface area contributed by atoms with Crippen molar-refractivity contribution in [3.8, 4) is 0 Å². The molecule has 0 bridgehead atoms. The number of hydrogen-bond acceptors (Lipinski definition) is 1. The summed E-state index contributed by atoms with van der Waals surface area (Å²) in [6.45, 7) is 4.22. The Kier molecular flexibility index (Phi) is 4.36. The Bertz CT molecular complexity index is 1180. The monoisotopic (exact) mass is 380 g/mol.